The summed E-state index contributed by atoms with van der Waals surface area (Å²) >= 11 is 0. The summed E-state index contributed by atoms with van der Waals surface area (Å²) in [6, 6.07) is 0. The molecule has 1 unspecified atom stereocenters. The fourth-order valence-corrected chi connectivity index (χ4v) is 8.07. The second kappa shape index (κ2) is 56.4. The van der Waals surface area contributed by atoms with Crippen molar-refractivity contribution in [1.29, 1.82) is 0 Å². The van der Waals surface area contributed by atoms with Gasteiger partial charge in [0, 0.05) is 19.3 Å². The van der Waals surface area contributed by atoms with Crippen molar-refractivity contribution in [2.75, 3.05) is 13.2 Å². The molecule has 0 aliphatic carbocycles. The number of hydrogen-bond donors (Lipinski definition) is 0. The van der Waals surface area contributed by atoms with Crippen LogP contribution < -0.4 is 0 Å². The molecule has 0 aliphatic heterocycles. The summed E-state index contributed by atoms with van der Waals surface area (Å²) in [7, 11) is 0. The Morgan fingerprint density at radius 2 is 0.574 bits per heavy atom. The van der Waals surface area contributed by atoms with Crippen LogP contribution in [0.5, 0.6) is 0 Å². The van der Waals surface area contributed by atoms with Gasteiger partial charge in [-0.25, -0.2) is 0 Å². The van der Waals surface area contributed by atoms with Crippen LogP contribution in [0, 0.1) is 0 Å². The van der Waals surface area contributed by atoms with Crippen LogP contribution in [0.1, 0.15) is 284 Å². The molecule has 0 saturated heterocycles. The Bertz CT molecular complexity index is 1270. The molecule has 1 atom stereocenters. The van der Waals surface area contributed by atoms with Gasteiger partial charge in [-0.1, -0.05) is 229 Å². The highest BCUT2D eigenvalue weighted by molar-refractivity contribution is 5.71. The maximum absolute atomic E-state index is 12.8. The SMILES string of the molecule is CC/C=C\C/C=C\C/C=C\C/C=C\CCCCC(=O)OCC(COC(=O)CCCCCCCCCCC/C=C\CCCCCCCC)OC(=O)CCCCCCC/C=C\CCCCCCCCC. The van der Waals surface area contributed by atoms with Crippen LogP contribution >= 0.6 is 0 Å². The lowest BCUT2D eigenvalue weighted by molar-refractivity contribution is -0.167. The first-order valence-electron chi connectivity index (χ1n) is 28.9. The summed E-state index contributed by atoms with van der Waals surface area (Å²) in [6.07, 6.45) is 71.8. The molecule has 0 radical (unpaired) electrons. The average molecular weight is 950 g/mol. The molecule has 0 N–H and O–H groups in total. The first kappa shape index (κ1) is 64.8. The summed E-state index contributed by atoms with van der Waals surface area (Å²) in [5, 5.41) is 0. The lowest BCUT2D eigenvalue weighted by Crippen LogP contribution is -2.30. The average Bonchev–Trinajstić information content (AvgIpc) is 3.34. The van der Waals surface area contributed by atoms with Crippen molar-refractivity contribution in [2.24, 2.45) is 0 Å². The van der Waals surface area contributed by atoms with E-state index in [0.29, 0.717) is 19.3 Å². The maximum Gasteiger partial charge on any atom is 0.306 e. The van der Waals surface area contributed by atoms with Crippen LogP contribution in [0.3, 0.4) is 0 Å². The zero-order valence-corrected chi connectivity index (χ0v) is 44.9. The Hall–Kier alpha value is -3.15. The van der Waals surface area contributed by atoms with Gasteiger partial charge in [-0.05, 0) is 109 Å². The minimum Gasteiger partial charge on any atom is -0.462 e. The number of ether oxygens (including phenoxy) is 3. The fraction of sp³-hybridized carbons (Fsp3) is 0.758. The van der Waals surface area contributed by atoms with E-state index in [-0.39, 0.29) is 31.1 Å². The highest BCUT2D eigenvalue weighted by Gasteiger charge is 2.19. The van der Waals surface area contributed by atoms with Gasteiger partial charge in [-0.3, -0.25) is 14.4 Å². The van der Waals surface area contributed by atoms with E-state index in [0.717, 1.165) is 96.3 Å². The maximum atomic E-state index is 12.8. The molecular formula is C62H108O6. The smallest absolute Gasteiger partial charge is 0.306 e. The lowest BCUT2D eigenvalue weighted by Gasteiger charge is -2.18. The largest absolute Gasteiger partial charge is 0.462 e. The molecule has 0 aromatic rings. The van der Waals surface area contributed by atoms with Crippen LogP contribution in [0.25, 0.3) is 0 Å². The Kier molecular flexibility index (Phi) is 53.8. The zero-order valence-electron chi connectivity index (χ0n) is 44.9. The summed E-state index contributed by atoms with van der Waals surface area (Å²) < 4.78 is 16.8. The third-order valence-corrected chi connectivity index (χ3v) is 12.4. The van der Waals surface area contributed by atoms with Gasteiger partial charge in [0.05, 0.1) is 0 Å². The molecule has 0 fully saturated rings. The Morgan fingerprint density at radius 1 is 0.309 bits per heavy atom. The van der Waals surface area contributed by atoms with Gasteiger partial charge in [0.1, 0.15) is 13.2 Å². The number of carbonyl (C=O) groups is 3. The zero-order chi connectivity index (χ0) is 49.3. The summed E-state index contributed by atoms with van der Waals surface area (Å²) in [4.78, 5) is 38.1. The Balaban J connectivity index is 4.42. The van der Waals surface area contributed by atoms with Crippen molar-refractivity contribution in [3.63, 3.8) is 0 Å². The molecule has 0 aliphatic rings. The van der Waals surface area contributed by atoms with E-state index >= 15 is 0 Å². The van der Waals surface area contributed by atoms with Gasteiger partial charge in [-0.15, -0.1) is 0 Å². The first-order chi connectivity index (χ1) is 33.5. The molecular weight excluding hydrogens is 841 g/mol. The minimum atomic E-state index is -0.797. The summed E-state index contributed by atoms with van der Waals surface area (Å²) in [6.45, 7) is 6.49. The van der Waals surface area contributed by atoms with Crippen molar-refractivity contribution in [3.05, 3.63) is 72.9 Å². The van der Waals surface area contributed by atoms with Crippen LogP contribution in [0.4, 0.5) is 0 Å². The lowest BCUT2D eigenvalue weighted by atomic mass is 10.1. The molecule has 0 aromatic heterocycles. The predicted molar refractivity (Wildman–Crippen MR) is 293 cm³/mol. The molecule has 0 spiro atoms. The molecule has 0 rings (SSSR count). The highest BCUT2D eigenvalue weighted by atomic mass is 16.6. The monoisotopic (exact) mass is 949 g/mol. The molecule has 392 valence electrons. The molecule has 6 heteroatoms. The molecule has 0 bridgehead atoms. The third kappa shape index (κ3) is 53.8. The second-order valence-corrected chi connectivity index (χ2v) is 19.2. The van der Waals surface area contributed by atoms with Crippen molar-refractivity contribution < 1.29 is 28.6 Å². The van der Waals surface area contributed by atoms with Crippen LogP contribution in [-0.2, 0) is 28.6 Å². The van der Waals surface area contributed by atoms with E-state index in [1.54, 1.807) is 0 Å². The normalized spacial score (nSPS) is 12.6. The summed E-state index contributed by atoms with van der Waals surface area (Å²) in [5.41, 5.74) is 0. The van der Waals surface area contributed by atoms with E-state index in [1.165, 1.54) is 148 Å². The number of hydrogen-bond acceptors (Lipinski definition) is 6. The van der Waals surface area contributed by atoms with Gasteiger partial charge in [0.2, 0.25) is 0 Å². The van der Waals surface area contributed by atoms with E-state index in [1.807, 2.05) is 0 Å². The number of carbonyl (C=O) groups excluding carboxylic acids is 3. The van der Waals surface area contributed by atoms with E-state index in [2.05, 4.69) is 93.7 Å². The molecule has 68 heavy (non-hydrogen) atoms. The standard InChI is InChI=1S/C62H108O6/c1-4-7-10-13-16-19-22-25-28-30-31-32-35-37-40-43-46-49-52-55-61(64)67-58-59(57-66-60(63)54-51-48-45-42-39-36-33-27-24-21-18-15-12-9-6-3)68-62(65)56-53-50-47-44-41-38-34-29-26-23-20-17-14-11-8-5-2/h9,12,18,21,25,27-29,33-34,39,42,59H,4-8,10-11,13-17,19-20,22-24,26,30-32,35-38,40-41,43-58H2,1-3H3/b12-9-,21-18-,28-25-,33-27-,34-29-,42-39-. The molecule has 0 aromatic carbocycles. The third-order valence-electron chi connectivity index (χ3n) is 12.4. The van der Waals surface area contributed by atoms with Gasteiger partial charge < -0.3 is 14.2 Å². The Labute approximate surface area is 421 Å². The topological polar surface area (TPSA) is 78.9 Å². The molecule has 0 heterocycles. The van der Waals surface area contributed by atoms with Crippen LogP contribution in [-0.4, -0.2) is 37.2 Å². The van der Waals surface area contributed by atoms with Crippen molar-refractivity contribution >= 4 is 17.9 Å². The highest BCUT2D eigenvalue weighted by Crippen LogP contribution is 2.15. The van der Waals surface area contributed by atoms with Gasteiger partial charge in [-0.2, -0.15) is 0 Å². The Morgan fingerprint density at radius 3 is 0.941 bits per heavy atom. The number of esters is 3. The van der Waals surface area contributed by atoms with Gasteiger partial charge >= 0.3 is 17.9 Å². The van der Waals surface area contributed by atoms with Crippen LogP contribution in [0.2, 0.25) is 0 Å². The second-order valence-electron chi connectivity index (χ2n) is 19.2. The van der Waals surface area contributed by atoms with E-state index in [4.69, 9.17) is 14.2 Å². The fourth-order valence-electron chi connectivity index (χ4n) is 8.07. The van der Waals surface area contributed by atoms with Gasteiger partial charge in [0.25, 0.3) is 0 Å². The quantitative estimate of drug-likeness (QED) is 0.0262. The predicted octanol–water partition coefficient (Wildman–Crippen LogP) is 19.4. The van der Waals surface area contributed by atoms with Crippen molar-refractivity contribution in [2.45, 2.75) is 290 Å². The van der Waals surface area contributed by atoms with Crippen molar-refractivity contribution in [1.82, 2.24) is 0 Å². The number of allylic oxidation sites excluding steroid dienone is 12. The van der Waals surface area contributed by atoms with Crippen LogP contribution in [0.15, 0.2) is 72.9 Å². The first-order valence-corrected chi connectivity index (χ1v) is 28.9. The van der Waals surface area contributed by atoms with Crippen molar-refractivity contribution in [3.8, 4) is 0 Å². The molecule has 0 saturated carbocycles. The molecule has 0 amide bonds. The molecule has 6 nitrogen and oxygen atoms in total. The summed E-state index contributed by atoms with van der Waals surface area (Å²) in [5.74, 6) is -0.938. The van der Waals surface area contributed by atoms with Gasteiger partial charge in [0.15, 0.2) is 6.10 Å². The number of unbranched alkanes of at least 4 members (excludes halogenated alkanes) is 29. The van der Waals surface area contributed by atoms with E-state index < -0.39 is 6.10 Å². The minimum absolute atomic E-state index is 0.0922. The number of rotatable bonds is 52. The van der Waals surface area contributed by atoms with E-state index in [9.17, 15) is 14.4 Å².